The molecule has 0 aromatic heterocycles. The van der Waals surface area contributed by atoms with Gasteiger partial charge in [0.2, 0.25) is 0 Å². The van der Waals surface area contributed by atoms with Crippen molar-refractivity contribution in [1.82, 2.24) is 0 Å². The zero-order valence-electron chi connectivity index (χ0n) is 13.6. The summed E-state index contributed by atoms with van der Waals surface area (Å²) in [5.74, 6) is -2.79. The van der Waals surface area contributed by atoms with Crippen LogP contribution in [0.15, 0.2) is 18.2 Å². The minimum Gasteiger partial charge on any atom is -0.484 e. The maximum Gasteiger partial charge on any atom is 0.573 e. The summed E-state index contributed by atoms with van der Waals surface area (Å²) < 4.78 is 80.8. The number of carbonyl (C=O) groups is 1. The van der Waals surface area contributed by atoms with Crippen LogP contribution in [0, 0.1) is 0 Å². The second-order valence-electron chi connectivity index (χ2n) is 5.85. The average molecular weight is 386 g/mol. The summed E-state index contributed by atoms with van der Waals surface area (Å²) in [6, 6.07) is 2.88. The van der Waals surface area contributed by atoms with E-state index in [9.17, 15) is 26.4 Å². The van der Waals surface area contributed by atoms with Crippen molar-refractivity contribution < 1.29 is 45.1 Å². The topological polar surface area (TPSA) is 99.1 Å². The van der Waals surface area contributed by atoms with Crippen LogP contribution in [0.1, 0.15) is 31.1 Å². The SMILES string of the molecule is CC(C)(C)Oc1cc(C(=O)OCCS(=O)(=O)O)ccc1OC(F)(F)F. The van der Waals surface area contributed by atoms with Crippen LogP contribution >= 0.6 is 0 Å². The first kappa shape index (κ1) is 21.0. The fourth-order valence-electron chi connectivity index (χ4n) is 1.58. The molecule has 0 saturated carbocycles. The third-order valence-electron chi connectivity index (χ3n) is 2.40. The van der Waals surface area contributed by atoms with Gasteiger partial charge >= 0.3 is 12.3 Å². The van der Waals surface area contributed by atoms with Gasteiger partial charge in [0.05, 0.1) is 5.56 Å². The van der Waals surface area contributed by atoms with Gasteiger partial charge < -0.3 is 14.2 Å². The van der Waals surface area contributed by atoms with Crippen molar-refractivity contribution in [2.24, 2.45) is 0 Å². The van der Waals surface area contributed by atoms with Crippen molar-refractivity contribution in [3.63, 3.8) is 0 Å². The first-order valence-corrected chi connectivity index (χ1v) is 8.48. The number of ether oxygens (including phenoxy) is 3. The van der Waals surface area contributed by atoms with Gasteiger partial charge in [-0.05, 0) is 39.0 Å². The Morgan fingerprint density at radius 2 is 1.72 bits per heavy atom. The lowest BCUT2D eigenvalue weighted by atomic mass is 10.1. The second kappa shape index (κ2) is 7.48. The molecule has 0 bridgehead atoms. The molecule has 0 aliphatic heterocycles. The molecule has 0 atom stereocenters. The number of halogens is 3. The molecule has 1 rings (SSSR count). The van der Waals surface area contributed by atoms with E-state index in [2.05, 4.69) is 9.47 Å². The molecule has 25 heavy (non-hydrogen) atoms. The number of esters is 1. The van der Waals surface area contributed by atoms with Gasteiger partial charge in [-0.1, -0.05) is 0 Å². The van der Waals surface area contributed by atoms with Crippen molar-refractivity contribution in [3.05, 3.63) is 23.8 Å². The van der Waals surface area contributed by atoms with Gasteiger partial charge in [-0.3, -0.25) is 4.55 Å². The molecule has 0 saturated heterocycles. The molecule has 0 fully saturated rings. The minimum absolute atomic E-state index is 0.177. The Morgan fingerprint density at radius 3 is 2.20 bits per heavy atom. The van der Waals surface area contributed by atoms with Crippen LogP contribution in [-0.4, -0.2) is 43.3 Å². The predicted octanol–water partition coefficient (Wildman–Crippen LogP) is 2.81. The zero-order chi connectivity index (χ0) is 19.5. The van der Waals surface area contributed by atoms with Crippen molar-refractivity contribution >= 4 is 16.1 Å². The lowest BCUT2D eigenvalue weighted by molar-refractivity contribution is -0.275. The summed E-state index contributed by atoms with van der Waals surface area (Å²) in [6.45, 7) is 4.14. The van der Waals surface area contributed by atoms with Crippen LogP contribution < -0.4 is 9.47 Å². The molecule has 0 aliphatic carbocycles. The van der Waals surface area contributed by atoms with E-state index in [0.29, 0.717) is 0 Å². The fraction of sp³-hybridized carbons (Fsp3) is 0.500. The third kappa shape index (κ3) is 8.59. The summed E-state index contributed by atoms with van der Waals surface area (Å²) in [4.78, 5) is 11.8. The standard InChI is InChI=1S/C14H17F3O7S/c1-13(2,3)23-11-8-9(4-5-10(11)24-14(15,16)17)12(18)22-6-7-25(19,20)21/h4-5,8H,6-7H2,1-3H3,(H,19,20,21). The van der Waals surface area contributed by atoms with E-state index in [1.807, 2.05) is 0 Å². The number of hydrogen-bond acceptors (Lipinski definition) is 6. The van der Waals surface area contributed by atoms with Gasteiger partial charge in [0.25, 0.3) is 10.1 Å². The Morgan fingerprint density at radius 1 is 1.12 bits per heavy atom. The van der Waals surface area contributed by atoms with E-state index in [1.165, 1.54) is 0 Å². The van der Waals surface area contributed by atoms with Gasteiger partial charge in [-0.25, -0.2) is 4.79 Å². The van der Waals surface area contributed by atoms with Crippen molar-refractivity contribution in [1.29, 1.82) is 0 Å². The van der Waals surface area contributed by atoms with Crippen LogP contribution in [0.25, 0.3) is 0 Å². The molecule has 1 N–H and O–H groups in total. The van der Waals surface area contributed by atoms with E-state index >= 15 is 0 Å². The largest absolute Gasteiger partial charge is 0.573 e. The zero-order valence-corrected chi connectivity index (χ0v) is 14.4. The van der Waals surface area contributed by atoms with E-state index in [0.717, 1.165) is 18.2 Å². The fourth-order valence-corrected chi connectivity index (χ4v) is 1.87. The minimum atomic E-state index is -4.95. The van der Waals surface area contributed by atoms with Gasteiger partial charge in [-0.2, -0.15) is 8.42 Å². The van der Waals surface area contributed by atoms with Gasteiger partial charge in [0.15, 0.2) is 11.5 Å². The molecule has 0 radical (unpaired) electrons. The number of rotatable bonds is 6. The summed E-state index contributed by atoms with van der Waals surface area (Å²) in [5.41, 5.74) is -1.05. The molecule has 1 aromatic rings. The Labute approximate surface area is 142 Å². The Hall–Kier alpha value is -2.01. The number of benzene rings is 1. The van der Waals surface area contributed by atoms with Crippen LogP contribution in [0.2, 0.25) is 0 Å². The number of alkyl halides is 3. The quantitative estimate of drug-likeness (QED) is 0.593. The lowest BCUT2D eigenvalue weighted by Crippen LogP contribution is -2.25. The number of hydrogen-bond donors (Lipinski definition) is 1. The molecule has 11 heteroatoms. The molecule has 0 amide bonds. The van der Waals surface area contributed by atoms with Crippen LogP contribution in [0.3, 0.4) is 0 Å². The van der Waals surface area contributed by atoms with Crippen molar-refractivity contribution in [3.8, 4) is 11.5 Å². The molecule has 0 heterocycles. The molecule has 7 nitrogen and oxygen atoms in total. The van der Waals surface area contributed by atoms with Crippen molar-refractivity contribution in [2.75, 3.05) is 12.4 Å². The second-order valence-corrected chi connectivity index (χ2v) is 7.42. The summed E-state index contributed by atoms with van der Waals surface area (Å²) in [5, 5.41) is 0. The first-order valence-electron chi connectivity index (χ1n) is 6.87. The average Bonchev–Trinajstić information content (AvgIpc) is 2.35. The monoisotopic (exact) mass is 386 g/mol. The smallest absolute Gasteiger partial charge is 0.484 e. The third-order valence-corrected chi connectivity index (χ3v) is 3.08. The molecular formula is C14H17F3O7S. The number of carbonyl (C=O) groups excluding carboxylic acids is 1. The van der Waals surface area contributed by atoms with E-state index in [-0.39, 0.29) is 11.3 Å². The molecule has 0 spiro atoms. The highest BCUT2D eigenvalue weighted by Crippen LogP contribution is 2.35. The maximum absolute atomic E-state index is 12.4. The van der Waals surface area contributed by atoms with E-state index in [1.54, 1.807) is 20.8 Å². The molecule has 0 unspecified atom stereocenters. The predicted molar refractivity (Wildman–Crippen MR) is 80.2 cm³/mol. The Balaban J connectivity index is 3.02. The molecule has 0 aliphatic rings. The van der Waals surface area contributed by atoms with Gasteiger partial charge in [0, 0.05) is 0 Å². The van der Waals surface area contributed by atoms with Crippen LogP contribution in [0.5, 0.6) is 11.5 Å². The molecular weight excluding hydrogens is 369 g/mol. The Kier molecular flexibility index (Phi) is 6.29. The highest BCUT2D eigenvalue weighted by Gasteiger charge is 2.33. The first-order chi connectivity index (χ1) is 11.2. The maximum atomic E-state index is 12.4. The Bertz CT molecular complexity index is 721. The summed E-state index contributed by atoms with van der Waals surface area (Å²) >= 11 is 0. The lowest BCUT2D eigenvalue weighted by Gasteiger charge is -2.23. The van der Waals surface area contributed by atoms with Gasteiger partial charge in [0.1, 0.15) is 18.0 Å². The van der Waals surface area contributed by atoms with Crippen molar-refractivity contribution in [2.45, 2.75) is 32.7 Å². The van der Waals surface area contributed by atoms with Gasteiger partial charge in [-0.15, -0.1) is 13.2 Å². The normalized spacial score (nSPS) is 12.6. The van der Waals surface area contributed by atoms with Crippen LogP contribution in [-0.2, 0) is 14.9 Å². The van der Waals surface area contributed by atoms with E-state index in [4.69, 9.17) is 9.29 Å². The summed E-state index contributed by atoms with van der Waals surface area (Å²) in [6.07, 6.45) is -4.95. The molecule has 1 aromatic carbocycles. The highest BCUT2D eigenvalue weighted by atomic mass is 32.2. The summed E-state index contributed by atoms with van der Waals surface area (Å²) in [7, 11) is -4.31. The van der Waals surface area contributed by atoms with Crippen LogP contribution in [0.4, 0.5) is 13.2 Å². The molecule has 142 valence electrons. The highest BCUT2D eigenvalue weighted by molar-refractivity contribution is 7.85. The van der Waals surface area contributed by atoms with E-state index < -0.39 is 46.2 Å².